The zero-order valence-corrected chi connectivity index (χ0v) is 12.1. The molecule has 2 rings (SSSR count). The number of anilines is 1. The van der Waals surface area contributed by atoms with Crippen molar-refractivity contribution in [2.75, 3.05) is 5.32 Å². The second-order valence-electron chi connectivity index (χ2n) is 3.43. The van der Waals surface area contributed by atoms with Gasteiger partial charge in [0, 0.05) is 15.5 Å². The Bertz CT molecular complexity index is 588. The van der Waals surface area contributed by atoms with Crippen molar-refractivity contribution in [3.05, 3.63) is 43.8 Å². The Morgan fingerprint density at radius 2 is 2.33 bits per heavy atom. The van der Waals surface area contributed by atoms with Crippen LogP contribution in [0.15, 0.2) is 28.1 Å². The lowest BCUT2D eigenvalue weighted by molar-refractivity contribution is 0.0696. The second kappa shape index (κ2) is 5.69. The highest BCUT2D eigenvalue weighted by Gasteiger charge is 2.08. The lowest BCUT2D eigenvalue weighted by atomic mass is 10.3. The van der Waals surface area contributed by atoms with Crippen LogP contribution in [0.3, 0.4) is 0 Å². The summed E-state index contributed by atoms with van der Waals surface area (Å²) in [6, 6.07) is 5.50. The van der Waals surface area contributed by atoms with Crippen molar-refractivity contribution in [3.63, 3.8) is 0 Å². The van der Waals surface area contributed by atoms with Crippen LogP contribution in [0.1, 0.15) is 15.5 Å². The van der Waals surface area contributed by atoms with Crippen molar-refractivity contribution < 1.29 is 9.90 Å². The molecule has 0 bridgehead atoms. The molecule has 2 aromatic rings. The Kier molecular flexibility index (Phi) is 4.21. The summed E-state index contributed by atoms with van der Waals surface area (Å²) in [4.78, 5) is 14.7. The molecule has 0 atom stereocenters. The van der Waals surface area contributed by atoms with Gasteiger partial charge in [0.2, 0.25) is 5.01 Å². The summed E-state index contributed by atoms with van der Waals surface area (Å²) >= 11 is 10.4. The number of thiazole rings is 1. The number of hydrogen-bond donors (Lipinski definition) is 2. The van der Waals surface area contributed by atoms with Gasteiger partial charge in [-0.25, -0.2) is 9.78 Å². The summed E-state index contributed by atoms with van der Waals surface area (Å²) in [6.45, 7) is 0.460. The van der Waals surface area contributed by atoms with E-state index in [1.54, 1.807) is 11.4 Å². The van der Waals surface area contributed by atoms with E-state index < -0.39 is 5.97 Å². The smallest absolute Gasteiger partial charge is 0.365 e. The number of carbonyl (C=O) groups is 1. The molecule has 2 N–H and O–H groups in total. The number of halogens is 2. The fourth-order valence-corrected chi connectivity index (χ4v) is 2.37. The van der Waals surface area contributed by atoms with E-state index in [0.717, 1.165) is 21.5 Å². The average molecular weight is 348 g/mol. The summed E-state index contributed by atoms with van der Waals surface area (Å²) in [5.41, 5.74) is 1.55. The van der Waals surface area contributed by atoms with Crippen LogP contribution in [0.5, 0.6) is 0 Å². The van der Waals surface area contributed by atoms with Crippen LogP contribution in [0.4, 0.5) is 5.69 Å². The predicted molar refractivity (Wildman–Crippen MR) is 75.6 cm³/mol. The Balaban J connectivity index is 2.02. The number of nitrogens with zero attached hydrogens (tertiary/aromatic N) is 1. The minimum absolute atomic E-state index is 0.0978. The van der Waals surface area contributed by atoms with Crippen molar-refractivity contribution >= 4 is 50.5 Å². The average Bonchev–Trinajstić information content (AvgIpc) is 2.79. The first kappa shape index (κ1) is 13.3. The van der Waals surface area contributed by atoms with Crippen LogP contribution in [0.25, 0.3) is 0 Å². The molecular formula is C11H8BrClN2O2S. The number of nitrogens with one attached hydrogen (secondary N) is 1. The Hall–Kier alpha value is -1.11. The third-order valence-corrected chi connectivity index (χ3v) is 4.24. The molecule has 4 nitrogen and oxygen atoms in total. The number of aromatic nitrogens is 1. The van der Waals surface area contributed by atoms with Crippen molar-refractivity contribution in [2.24, 2.45) is 0 Å². The first-order valence-electron chi connectivity index (χ1n) is 4.93. The Morgan fingerprint density at radius 3 is 2.94 bits per heavy atom. The lowest BCUT2D eigenvalue weighted by Gasteiger charge is -2.05. The number of benzene rings is 1. The topological polar surface area (TPSA) is 62.2 Å². The first-order chi connectivity index (χ1) is 8.56. The third-order valence-electron chi connectivity index (χ3n) is 2.13. The van der Waals surface area contributed by atoms with E-state index in [1.807, 2.05) is 12.1 Å². The third kappa shape index (κ3) is 3.22. The number of aromatic carboxylic acids is 1. The lowest BCUT2D eigenvalue weighted by Crippen LogP contribution is -2.01. The van der Waals surface area contributed by atoms with Crippen LogP contribution in [-0.4, -0.2) is 16.1 Å². The SMILES string of the molecule is O=C(O)c1nc(CNc2ccc(Br)c(Cl)c2)cs1. The number of rotatable bonds is 4. The molecule has 0 amide bonds. The van der Waals surface area contributed by atoms with Gasteiger partial charge in [0.1, 0.15) is 0 Å². The summed E-state index contributed by atoms with van der Waals surface area (Å²) in [5.74, 6) is -1.00. The maximum Gasteiger partial charge on any atom is 0.365 e. The molecular weight excluding hydrogens is 340 g/mol. The molecule has 0 radical (unpaired) electrons. The molecule has 0 aliphatic carbocycles. The van der Waals surface area contributed by atoms with Crippen LogP contribution in [0.2, 0.25) is 5.02 Å². The van der Waals surface area contributed by atoms with E-state index in [4.69, 9.17) is 16.7 Å². The zero-order valence-electron chi connectivity index (χ0n) is 8.98. The molecule has 0 fully saturated rings. The predicted octanol–water partition coefficient (Wildman–Crippen LogP) is 3.87. The maximum absolute atomic E-state index is 10.7. The fourth-order valence-electron chi connectivity index (χ4n) is 1.29. The minimum atomic E-state index is -1.00. The van der Waals surface area contributed by atoms with Gasteiger partial charge in [-0.1, -0.05) is 11.6 Å². The van der Waals surface area contributed by atoms with Crippen molar-refractivity contribution in [2.45, 2.75) is 6.54 Å². The minimum Gasteiger partial charge on any atom is -0.476 e. The monoisotopic (exact) mass is 346 g/mol. The summed E-state index contributed by atoms with van der Waals surface area (Å²) in [5, 5.41) is 14.3. The molecule has 0 aliphatic rings. The van der Waals surface area contributed by atoms with Crippen LogP contribution in [0, 0.1) is 0 Å². The van der Waals surface area contributed by atoms with Crippen LogP contribution >= 0.6 is 38.9 Å². The highest BCUT2D eigenvalue weighted by molar-refractivity contribution is 9.10. The molecule has 1 aromatic heterocycles. The van der Waals surface area contributed by atoms with E-state index >= 15 is 0 Å². The van der Waals surface area contributed by atoms with Gasteiger partial charge >= 0.3 is 5.97 Å². The number of hydrogen-bond acceptors (Lipinski definition) is 4. The molecule has 7 heteroatoms. The van der Waals surface area contributed by atoms with Gasteiger partial charge in [0.15, 0.2) is 0 Å². The largest absolute Gasteiger partial charge is 0.476 e. The van der Waals surface area contributed by atoms with Crippen molar-refractivity contribution in [1.82, 2.24) is 4.98 Å². The van der Waals surface area contributed by atoms with E-state index in [1.165, 1.54) is 0 Å². The molecule has 0 saturated heterocycles. The number of carboxylic acids is 1. The maximum atomic E-state index is 10.7. The normalized spacial score (nSPS) is 10.3. The molecule has 1 heterocycles. The molecule has 0 spiro atoms. The first-order valence-corrected chi connectivity index (χ1v) is 6.98. The molecule has 1 aromatic carbocycles. The molecule has 18 heavy (non-hydrogen) atoms. The van der Waals surface area contributed by atoms with Gasteiger partial charge in [0.05, 0.1) is 17.3 Å². The van der Waals surface area contributed by atoms with Gasteiger partial charge in [-0.2, -0.15) is 0 Å². The molecule has 94 valence electrons. The van der Waals surface area contributed by atoms with E-state index in [-0.39, 0.29) is 5.01 Å². The number of carboxylic acid groups (broad SMARTS) is 1. The van der Waals surface area contributed by atoms with E-state index in [0.29, 0.717) is 17.3 Å². The van der Waals surface area contributed by atoms with E-state index in [2.05, 4.69) is 26.2 Å². The van der Waals surface area contributed by atoms with E-state index in [9.17, 15) is 4.79 Å². The van der Waals surface area contributed by atoms with Crippen molar-refractivity contribution in [1.29, 1.82) is 0 Å². The van der Waals surface area contributed by atoms with Crippen molar-refractivity contribution in [3.8, 4) is 0 Å². The van der Waals surface area contributed by atoms with Crippen LogP contribution < -0.4 is 5.32 Å². The van der Waals surface area contributed by atoms with Gasteiger partial charge in [-0.05, 0) is 34.1 Å². The highest BCUT2D eigenvalue weighted by Crippen LogP contribution is 2.25. The van der Waals surface area contributed by atoms with Gasteiger partial charge in [0.25, 0.3) is 0 Å². The zero-order chi connectivity index (χ0) is 13.1. The summed E-state index contributed by atoms with van der Waals surface area (Å²) in [6.07, 6.45) is 0. The molecule has 0 unspecified atom stereocenters. The summed E-state index contributed by atoms with van der Waals surface area (Å²) < 4.78 is 0.830. The summed E-state index contributed by atoms with van der Waals surface area (Å²) in [7, 11) is 0. The quantitative estimate of drug-likeness (QED) is 0.881. The standard InChI is InChI=1S/C11H8BrClN2O2S/c12-8-2-1-6(3-9(8)13)14-4-7-5-18-10(15-7)11(16)17/h1-3,5,14H,4H2,(H,16,17). The molecule has 0 saturated carbocycles. The van der Waals surface area contributed by atoms with Gasteiger partial charge in [-0.15, -0.1) is 11.3 Å². The second-order valence-corrected chi connectivity index (χ2v) is 5.55. The Labute approximate surface area is 121 Å². The Morgan fingerprint density at radius 1 is 1.56 bits per heavy atom. The fraction of sp³-hybridized carbons (Fsp3) is 0.0909. The van der Waals surface area contributed by atoms with Crippen LogP contribution in [-0.2, 0) is 6.54 Å². The van der Waals surface area contributed by atoms with Gasteiger partial charge in [-0.3, -0.25) is 0 Å². The van der Waals surface area contributed by atoms with Gasteiger partial charge < -0.3 is 10.4 Å². The highest BCUT2D eigenvalue weighted by atomic mass is 79.9. The molecule has 0 aliphatic heterocycles.